The lowest BCUT2D eigenvalue weighted by atomic mass is 9.87. The van der Waals surface area contributed by atoms with E-state index >= 15 is 0 Å². The highest BCUT2D eigenvalue weighted by Gasteiger charge is 2.29. The third kappa shape index (κ3) is 5.32. The van der Waals surface area contributed by atoms with Gasteiger partial charge in [0, 0.05) is 44.4 Å². The van der Waals surface area contributed by atoms with Crippen molar-refractivity contribution < 1.29 is 18.0 Å². The minimum Gasteiger partial charge on any atom is -0.340 e. The first kappa shape index (κ1) is 23.0. The smallest absolute Gasteiger partial charge is 0.255 e. The van der Waals surface area contributed by atoms with Gasteiger partial charge in [0.1, 0.15) is 0 Å². The van der Waals surface area contributed by atoms with Crippen LogP contribution >= 0.6 is 0 Å². The molecule has 1 aliphatic heterocycles. The molecule has 31 heavy (non-hydrogen) atoms. The number of nitrogens with one attached hydrogen (secondary N) is 1. The van der Waals surface area contributed by atoms with Gasteiger partial charge < -0.3 is 10.2 Å². The van der Waals surface area contributed by atoms with Gasteiger partial charge in [0.25, 0.3) is 5.91 Å². The second kappa shape index (κ2) is 8.80. The van der Waals surface area contributed by atoms with E-state index in [2.05, 4.69) is 26.1 Å². The molecule has 8 heteroatoms. The Labute approximate surface area is 184 Å². The van der Waals surface area contributed by atoms with Gasteiger partial charge in [0.05, 0.1) is 4.90 Å². The van der Waals surface area contributed by atoms with Gasteiger partial charge in [-0.25, -0.2) is 8.42 Å². The molecule has 2 amide bonds. The second-order valence-electron chi connectivity index (χ2n) is 8.72. The first-order valence-corrected chi connectivity index (χ1v) is 11.7. The predicted octanol–water partition coefficient (Wildman–Crippen LogP) is 3.09. The number of carbonyl (C=O) groups excluding carboxylic acids is 2. The standard InChI is InChI=1S/C23H29N3O4S/c1-17(27)25-12-14-26(15-13-25)31(29,30)21-7-5-6-18(16-21)22(28)24-20-10-8-19(9-11-20)23(2,3)4/h5-11,16H,12-15H2,1-4H3,(H,24,28). The number of hydrogen-bond acceptors (Lipinski definition) is 4. The number of benzene rings is 2. The van der Waals surface area contributed by atoms with Crippen LogP contribution in [-0.2, 0) is 20.2 Å². The van der Waals surface area contributed by atoms with E-state index in [4.69, 9.17) is 0 Å². The summed E-state index contributed by atoms with van der Waals surface area (Å²) >= 11 is 0. The van der Waals surface area contributed by atoms with E-state index in [1.165, 1.54) is 23.4 Å². The first-order chi connectivity index (χ1) is 14.5. The van der Waals surface area contributed by atoms with Crippen LogP contribution in [0.15, 0.2) is 53.4 Å². The molecule has 2 aromatic carbocycles. The predicted molar refractivity (Wildman–Crippen MR) is 121 cm³/mol. The summed E-state index contributed by atoms with van der Waals surface area (Å²) in [5.41, 5.74) is 2.08. The fraction of sp³-hybridized carbons (Fsp3) is 0.391. The summed E-state index contributed by atoms with van der Waals surface area (Å²) in [5.74, 6) is -0.437. The van der Waals surface area contributed by atoms with Crippen molar-refractivity contribution in [2.75, 3.05) is 31.5 Å². The lowest BCUT2D eigenvalue weighted by Crippen LogP contribution is -2.49. The molecule has 0 spiro atoms. The zero-order valence-electron chi connectivity index (χ0n) is 18.4. The number of carbonyl (C=O) groups is 2. The number of piperazine rings is 1. The quantitative estimate of drug-likeness (QED) is 0.787. The Morgan fingerprint density at radius 2 is 1.55 bits per heavy atom. The van der Waals surface area contributed by atoms with Crippen molar-refractivity contribution in [1.82, 2.24) is 9.21 Å². The first-order valence-electron chi connectivity index (χ1n) is 10.3. The fourth-order valence-electron chi connectivity index (χ4n) is 3.45. The molecule has 2 aromatic rings. The van der Waals surface area contributed by atoms with Gasteiger partial charge in [-0.2, -0.15) is 4.31 Å². The van der Waals surface area contributed by atoms with Gasteiger partial charge >= 0.3 is 0 Å². The minimum atomic E-state index is -3.75. The van der Waals surface area contributed by atoms with E-state index in [9.17, 15) is 18.0 Å². The summed E-state index contributed by atoms with van der Waals surface area (Å²) in [6, 6.07) is 13.7. The van der Waals surface area contributed by atoms with Crippen molar-refractivity contribution in [2.24, 2.45) is 0 Å². The molecule has 1 fully saturated rings. The van der Waals surface area contributed by atoms with Crippen molar-refractivity contribution >= 4 is 27.5 Å². The van der Waals surface area contributed by atoms with Gasteiger partial charge in [-0.05, 0) is 41.3 Å². The maximum Gasteiger partial charge on any atom is 0.255 e. The number of sulfonamides is 1. The third-order valence-corrected chi connectivity index (χ3v) is 7.32. The van der Waals surface area contributed by atoms with E-state index in [0.717, 1.165) is 5.56 Å². The molecule has 0 radical (unpaired) electrons. The number of nitrogens with zero attached hydrogens (tertiary/aromatic N) is 2. The van der Waals surface area contributed by atoms with Crippen molar-refractivity contribution in [3.8, 4) is 0 Å². The maximum atomic E-state index is 13.0. The van der Waals surface area contributed by atoms with Crippen molar-refractivity contribution in [3.05, 3.63) is 59.7 Å². The molecule has 0 atom stereocenters. The van der Waals surface area contributed by atoms with Gasteiger partial charge in [-0.15, -0.1) is 0 Å². The van der Waals surface area contributed by atoms with Crippen molar-refractivity contribution in [3.63, 3.8) is 0 Å². The Hall–Kier alpha value is -2.71. The van der Waals surface area contributed by atoms with E-state index < -0.39 is 10.0 Å². The van der Waals surface area contributed by atoms with Gasteiger partial charge in [0.2, 0.25) is 15.9 Å². The largest absolute Gasteiger partial charge is 0.340 e. The summed E-state index contributed by atoms with van der Waals surface area (Å²) in [6.07, 6.45) is 0. The Morgan fingerprint density at radius 1 is 0.935 bits per heavy atom. The van der Waals surface area contributed by atoms with Crippen LogP contribution in [0.25, 0.3) is 0 Å². The molecule has 0 bridgehead atoms. The zero-order valence-corrected chi connectivity index (χ0v) is 19.2. The molecule has 3 rings (SSSR count). The maximum absolute atomic E-state index is 13.0. The van der Waals surface area contributed by atoms with Crippen molar-refractivity contribution in [2.45, 2.75) is 38.0 Å². The third-order valence-electron chi connectivity index (χ3n) is 5.43. The van der Waals surface area contributed by atoms with Crippen LogP contribution in [0.2, 0.25) is 0 Å². The molecular weight excluding hydrogens is 414 g/mol. The monoisotopic (exact) mass is 443 g/mol. The van der Waals surface area contributed by atoms with E-state index in [1.807, 2.05) is 24.3 Å². The van der Waals surface area contributed by atoms with E-state index in [-0.39, 0.29) is 40.8 Å². The van der Waals surface area contributed by atoms with Crippen LogP contribution in [0, 0.1) is 0 Å². The Morgan fingerprint density at radius 3 is 2.10 bits per heavy atom. The second-order valence-corrected chi connectivity index (χ2v) is 10.7. The Kier molecular flexibility index (Phi) is 6.52. The van der Waals surface area contributed by atoms with Crippen LogP contribution in [0.1, 0.15) is 43.6 Å². The molecule has 0 aliphatic carbocycles. The van der Waals surface area contributed by atoms with E-state index in [1.54, 1.807) is 17.0 Å². The SMILES string of the molecule is CC(=O)N1CCN(S(=O)(=O)c2cccc(C(=O)Nc3ccc(C(C)(C)C)cc3)c2)CC1. The Balaban J connectivity index is 1.73. The molecule has 166 valence electrons. The lowest BCUT2D eigenvalue weighted by molar-refractivity contribution is -0.129. The van der Waals surface area contributed by atoms with Crippen LogP contribution < -0.4 is 5.32 Å². The highest BCUT2D eigenvalue weighted by Crippen LogP contribution is 2.24. The van der Waals surface area contributed by atoms with Crippen LogP contribution in [0.5, 0.6) is 0 Å². The summed E-state index contributed by atoms with van der Waals surface area (Å²) in [6.45, 7) is 9.02. The average molecular weight is 444 g/mol. The summed E-state index contributed by atoms with van der Waals surface area (Å²) < 4.78 is 27.4. The lowest BCUT2D eigenvalue weighted by Gasteiger charge is -2.33. The highest BCUT2D eigenvalue weighted by atomic mass is 32.2. The molecule has 1 saturated heterocycles. The number of rotatable bonds is 4. The average Bonchev–Trinajstić information content (AvgIpc) is 2.73. The molecule has 1 aliphatic rings. The summed E-state index contributed by atoms with van der Waals surface area (Å²) in [7, 11) is -3.75. The molecule has 1 N–H and O–H groups in total. The summed E-state index contributed by atoms with van der Waals surface area (Å²) in [5, 5.41) is 2.82. The summed E-state index contributed by atoms with van der Waals surface area (Å²) in [4.78, 5) is 25.9. The molecule has 1 heterocycles. The van der Waals surface area contributed by atoms with Gasteiger partial charge in [-0.3, -0.25) is 9.59 Å². The number of anilines is 1. The van der Waals surface area contributed by atoms with E-state index in [0.29, 0.717) is 18.8 Å². The number of amides is 2. The molecular formula is C23H29N3O4S. The minimum absolute atomic E-state index is 0.0150. The molecule has 0 aromatic heterocycles. The highest BCUT2D eigenvalue weighted by molar-refractivity contribution is 7.89. The molecule has 0 unspecified atom stereocenters. The van der Waals surface area contributed by atoms with Crippen LogP contribution in [-0.4, -0.2) is 55.6 Å². The fourth-order valence-corrected chi connectivity index (χ4v) is 4.92. The Bertz CT molecular complexity index is 1060. The van der Waals surface area contributed by atoms with Gasteiger partial charge in [-0.1, -0.05) is 39.0 Å². The van der Waals surface area contributed by atoms with Crippen molar-refractivity contribution in [1.29, 1.82) is 0 Å². The van der Waals surface area contributed by atoms with Crippen LogP contribution in [0.3, 0.4) is 0 Å². The molecule has 7 nitrogen and oxygen atoms in total. The normalized spacial score (nSPS) is 15.5. The van der Waals surface area contributed by atoms with Crippen LogP contribution in [0.4, 0.5) is 5.69 Å². The topological polar surface area (TPSA) is 86.8 Å². The van der Waals surface area contributed by atoms with Gasteiger partial charge in [0.15, 0.2) is 0 Å². The number of hydrogen-bond donors (Lipinski definition) is 1. The molecule has 0 saturated carbocycles. The zero-order chi connectivity index (χ0) is 22.8.